The van der Waals surface area contributed by atoms with Crippen molar-refractivity contribution in [3.8, 4) is 0 Å². The molecule has 1 fully saturated rings. The van der Waals surface area contributed by atoms with Gasteiger partial charge in [0.1, 0.15) is 0 Å². The molecule has 1 N–H and O–H groups in total. The molecule has 60 valence electrons. The molecule has 5 nitrogen and oxygen atoms in total. The molecule has 0 amide bonds. The molecular formula is C4H10N2O3S. The lowest BCUT2D eigenvalue weighted by Crippen LogP contribution is -2.00. The van der Waals surface area contributed by atoms with Crippen LogP contribution in [-0.2, 0) is 0 Å². The quantitative estimate of drug-likeness (QED) is 0.324. The lowest BCUT2D eigenvalue weighted by molar-refractivity contribution is -0.742. The first-order valence-electron chi connectivity index (χ1n) is 2.80. The van der Waals surface area contributed by atoms with E-state index in [1.807, 2.05) is 11.9 Å². The summed E-state index contributed by atoms with van der Waals surface area (Å²) in [4.78, 5) is 8.36. The van der Waals surface area contributed by atoms with Gasteiger partial charge in [-0.05, 0) is 13.5 Å². The third-order valence-corrected chi connectivity index (χ3v) is 2.02. The highest BCUT2D eigenvalue weighted by Crippen LogP contribution is 2.15. The first-order chi connectivity index (χ1) is 4.63. The summed E-state index contributed by atoms with van der Waals surface area (Å²) < 4.78 is 2.28. The fraction of sp³-hybridized carbons (Fsp3) is 1.00. The van der Waals surface area contributed by atoms with Crippen LogP contribution >= 0.6 is 11.9 Å². The van der Waals surface area contributed by atoms with Crippen LogP contribution in [0.5, 0.6) is 0 Å². The molecule has 1 rings (SSSR count). The molecule has 0 aromatic rings. The normalized spacial score (nSPS) is 17.7. The van der Waals surface area contributed by atoms with Crippen molar-refractivity contribution in [2.24, 2.45) is 0 Å². The molecule has 0 unspecified atom stereocenters. The number of hydrogen-bond donors (Lipinski definition) is 1. The minimum atomic E-state index is -1.50. The van der Waals surface area contributed by atoms with Crippen molar-refractivity contribution in [1.29, 1.82) is 0 Å². The van der Waals surface area contributed by atoms with Gasteiger partial charge in [-0.15, -0.1) is 10.1 Å². The first kappa shape index (κ1) is 9.51. The highest BCUT2D eigenvalue weighted by Gasteiger charge is 2.04. The monoisotopic (exact) mass is 166 g/mol. The van der Waals surface area contributed by atoms with Crippen LogP contribution in [0.15, 0.2) is 0 Å². The van der Waals surface area contributed by atoms with Gasteiger partial charge >= 0.3 is 0 Å². The molecule has 0 radical (unpaired) electrons. The zero-order chi connectivity index (χ0) is 7.98. The maximum atomic E-state index is 8.36. The summed E-state index contributed by atoms with van der Waals surface area (Å²) >= 11 is 1.93. The Morgan fingerprint density at radius 1 is 1.80 bits per heavy atom. The Bertz CT molecular complexity index is 101. The van der Waals surface area contributed by atoms with E-state index in [0.717, 1.165) is 0 Å². The second kappa shape index (κ2) is 5.31. The third-order valence-electron chi connectivity index (χ3n) is 0.929. The Morgan fingerprint density at radius 3 is 2.40 bits per heavy atom. The molecule has 1 aliphatic heterocycles. The molecule has 0 aromatic carbocycles. The molecule has 1 heterocycles. The van der Waals surface area contributed by atoms with Gasteiger partial charge in [0, 0.05) is 12.3 Å². The molecule has 0 aliphatic carbocycles. The second-order valence-electron chi connectivity index (χ2n) is 1.78. The van der Waals surface area contributed by atoms with Gasteiger partial charge in [0.25, 0.3) is 5.09 Å². The molecule has 1 saturated heterocycles. The van der Waals surface area contributed by atoms with Crippen molar-refractivity contribution in [1.82, 2.24) is 4.31 Å². The van der Waals surface area contributed by atoms with Gasteiger partial charge in [-0.1, -0.05) is 11.9 Å². The average molecular weight is 166 g/mol. The SMILES string of the molecule is CN1CCCS1.O=[N+]([O-])O. The maximum absolute atomic E-state index is 8.36. The Hall–Kier alpha value is -0.490. The van der Waals surface area contributed by atoms with Crippen molar-refractivity contribution < 1.29 is 10.3 Å². The van der Waals surface area contributed by atoms with Gasteiger partial charge in [-0.3, -0.25) is 4.31 Å². The summed E-state index contributed by atoms with van der Waals surface area (Å²) in [7, 11) is 2.14. The number of nitrogens with zero attached hydrogens (tertiary/aromatic N) is 2. The Morgan fingerprint density at radius 2 is 2.30 bits per heavy atom. The summed E-state index contributed by atoms with van der Waals surface area (Å²) in [5.74, 6) is 1.33. The molecular weight excluding hydrogens is 156 g/mol. The van der Waals surface area contributed by atoms with Gasteiger partial charge in [0.2, 0.25) is 0 Å². The van der Waals surface area contributed by atoms with E-state index >= 15 is 0 Å². The van der Waals surface area contributed by atoms with E-state index in [1.54, 1.807) is 0 Å². The largest absolute Gasteiger partial charge is 0.328 e. The summed E-state index contributed by atoms with van der Waals surface area (Å²) in [6.45, 7) is 1.28. The lowest BCUT2D eigenvalue weighted by Gasteiger charge is -1.99. The van der Waals surface area contributed by atoms with Crippen LogP contribution in [0.4, 0.5) is 0 Å². The standard InChI is InChI=1S/C4H9NS.HNO3/c1-5-3-2-4-6-5;2-1(3)4/h2-4H2,1H3;(H,2,3,4). The van der Waals surface area contributed by atoms with Gasteiger partial charge in [-0.25, -0.2) is 0 Å². The van der Waals surface area contributed by atoms with E-state index in [4.69, 9.17) is 15.3 Å². The van der Waals surface area contributed by atoms with Gasteiger partial charge in [0.05, 0.1) is 0 Å². The van der Waals surface area contributed by atoms with Crippen LogP contribution in [0.3, 0.4) is 0 Å². The van der Waals surface area contributed by atoms with Crippen LogP contribution in [0, 0.1) is 10.1 Å². The summed E-state index contributed by atoms with van der Waals surface area (Å²) in [5, 5.41) is 13.6. The second-order valence-corrected chi connectivity index (χ2v) is 3.07. The average Bonchev–Trinajstić information content (AvgIpc) is 2.15. The van der Waals surface area contributed by atoms with Gasteiger partial charge in [0.15, 0.2) is 0 Å². The molecule has 0 saturated carbocycles. The van der Waals surface area contributed by atoms with Crippen molar-refractivity contribution >= 4 is 11.9 Å². The van der Waals surface area contributed by atoms with E-state index in [2.05, 4.69) is 11.4 Å². The third kappa shape index (κ3) is 7.51. The van der Waals surface area contributed by atoms with E-state index in [0.29, 0.717) is 0 Å². The molecule has 0 bridgehead atoms. The maximum Gasteiger partial charge on any atom is 0.291 e. The van der Waals surface area contributed by atoms with E-state index in [1.165, 1.54) is 18.7 Å². The van der Waals surface area contributed by atoms with E-state index < -0.39 is 5.09 Å². The zero-order valence-corrected chi connectivity index (χ0v) is 6.50. The topological polar surface area (TPSA) is 66.6 Å². The van der Waals surface area contributed by atoms with Crippen molar-refractivity contribution in [2.45, 2.75) is 6.42 Å². The Kier molecular flexibility index (Phi) is 5.05. The molecule has 10 heavy (non-hydrogen) atoms. The fourth-order valence-electron chi connectivity index (χ4n) is 0.572. The van der Waals surface area contributed by atoms with Gasteiger partial charge < -0.3 is 5.21 Å². The molecule has 0 spiro atoms. The van der Waals surface area contributed by atoms with E-state index in [-0.39, 0.29) is 0 Å². The smallest absolute Gasteiger partial charge is 0.291 e. The zero-order valence-electron chi connectivity index (χ0n) is 5.69. The van der Waals surface area contributed by atoms with Gasteiger partial charge in [-0.2, -0.15) is 0 Å². The van der Waals surface area contributed by atoms with Crippen LogP contribution in [0.25, 0.3) is 0 Å². The molecule has 0 atom stereocenters. The summed E-state index contributed by atoms with van der Waals surface area (Å²) in [6, 6.07) is 0. The van der Waals surface area contributed by atoms with Crippen LogP contribution in [0.2, 0.25) is 0 Å². The predicted octanol–water partition coefficient (Wildman–Crippen LogP) is 0.622. The fourth-order valence-corrected chi connectivity index (χ4v) is 1.40. The minimum Gasteiger partial charge on any atom is -0.328 e. The van der Waals surface area contributed by atoms with Crippen molar-refractivity contribution in [3.05, 3.63) is 10.1 Å². The first-order valence-corrected chi connectivity index (χ1v) is 3.74. The minimum absolute atomic E-state index is 1.28. The highest BCUT2D eigenvalue weighted by atomic mass is 32.2. The summed E-state index contributed by atoms with van der Waals surface area (Å²) in [6.07, 6.45) is 1.38. The number of hydrogen-bond acceptors (Lipinski definition) is 4. The lowest BCUT2D eigenvalue weighted by atomic mass is 10.5. The van der Waals surface area contributed by atoms with E-state index in [9.17, 15) is 0 Å². The predicted molar refractivity (Wildman–Crippen MR) is 38.5 cm³/mol. The number of rotatable bonds is 0. The van der Waals surface area contributed by atoms with Crippen molar-refractivity contribution in [2.75, 3.05) is 19.3 Å². The Labute approximate surface area is 63.3 Å². The van der Waals surface area contributed by atoms with Crippen LogP contribution in [0.1, 0.15) is 6.42 Å². The van der Waals surface area contributed by atoms with Crippen molar-refractivity contribution in [3.63, 3.8) is 0 Å². The molecule has 1 aliphatic rings. The van der Waals surface area contributed by atoms with Crippen LogP contribution in [-0.4, -0.2) is 33.9 Å². The molecule has 0 aromatic heterocycles. The molecule has 6 heteroatoms. The summed E-state index contributed by atoms with van der Waals surface area (Å²) in [5.41, 5.74) is 0. The highest BCUT2D eigenvalue weighted by molar-refractivity contribution is 7.97. The van der Waals surface area contributed by atoms with Crippen LogP contribution < -0.4 is 0 Å². The Balaban J connectivity index is 0.000000180.